The maximum absolute atomic E-state index is 10.3. The van der Waals surface area contributed by atoms with Gasteiger partial charge >= 0.3 is 0 Å². The molecule has 1 fully saturated rings. The number of aryl methyl sites for hydroxylation is 1. The van der Waals surface area contributed by atoms with Crippen molar-refractivity contribution in [2.45, 2.75) is 37.4 Å². The first-order valence-corrected chi connectivity index (χ1v) is 10.3. The highest BCUT2D eigenvalue weighted by Gasteiger charge is 2.44. The molecule has 4 atom stereocenters. The van der Waals surface area contributed by atoms with Gasteiger partial charge in [-0.1, -0.05) is 6.07 Å². The summed E-state index contributed by atoms with van der Waals surface area (Å²) in [6.45, 7) is 0.254. The minimum absolute atomic E-state index is 0.400. The second-order valence-electron chi connectivity index (χ2n) is 7.49. The first-order chi connectivity index (χ1) is 15.6. The Labute approximate surface area is 184 Å². The van der Waals surface area contributed by atoms with Crippen LogP contribution in [0.1, 0.15) is 18.2 Å². The number of ether oxygens (including phenoxy) is 3. The van der Waals surface area contributed by atoms with Crippen LogP contribution in [0.4, 0.5) is 5.82 Å². The third-order valence-corrected chi connectivity index (χ3v) is 5.53. The number of methoxy groups -OCH3 is 2. The van der Waals surface area contributed by atoms with Crippen molar-refractivity contribution in [2.24, 2.45) is 0 Å². The molecular weight excluding hydrogens is 418 g/mol. The Bertz CT molecular complexity index is 1060. The van der Waals surface area contributed by atoms with Crippen LogP contribution in [0.3, 0.4) is 0 Å². The van der Waals surface area contributed by atoms with E-state index in [0.29, 0.717) is 35.0 Å². The predicted octanol–water partition coefficient (Wildman–Crippen LogP) is 0.500. The summed E-state index contributed by atoms with van der Waals surface area (Å²) < 4.78 is 17.7. The molecule has 1 unspecified atom stereocenters. The number of hydrogen-bond acceptors (Lipinski definition) is 10. The molecule has 1 saturated heterocycles. The number of nitrogens with one attached hydrogen (secondary N) is 1. The normalized spacial score (nSPS) is 22.9. The molecule has 1 aromatic carbocycles. The zero-order valence-electron chi connectivity index (χ0n) is 17.9. The van der Waals surface area contributed by atoms with Gasteiger partial charge in [0.25, 0.3) is 0 Å². The number of benzene rings is 1. The monoisotopic (exact) mass is 445 g/mol. The minimum atomic E-state index is -1.21. The molecule has 172 valence electrons. The van der Waals surface area contributed by atoms with E-state index >= 15 is 0 Å². The molecule has 1 aliphatic heterocycles. The molecule has 1 aliphatic rings. The fourth-order valence-corrected chi connectivity index (χ4v) is 3.81. The number of aliphatic hydroxyl groups excluding tert-OH is 3. The number of hydrogen-bond donors (Lipinski definition) is 4. The Balaban J connectivity index is 1.42. The molecule has 4 rings (SSSR count). The average molecular weight is 445 g/mol. The smallest absolute Gasteiger partial charge is 0.167 e. The lowest BCUT2D eigenvalue weighted by Crippen LogP contribution is -2.33. The Morgan fingerprint density at radius 1 is 1.09 bits per heavy atom. The Morgan fingerprint density at radius 3 is 2.62 bits per heavy atom. The summed E-state index contributed by atoms with van der Waals surface area (Å²) in [6, 6.07) is 5.86. The molecule has 0 spiro atoms. The van der Waals surface area contributed by atoms with Gasteiger partial charge in [0.15, 0.2) is 34.7 Å². The maximum atomic E-state index is 10.3. The zero-order chi connectivity index (χ0) is 22.7. The van der Waals surface area contributed by atoms with Gasteiger partial charge < -0.3 is 34.8 Å². The molecule has 0 aliphatic carbocycles. The van der Waals surface area contributed by atoms with E-state index in [9.17, 15) is 15.3 Å². The number of aromatic nitrogens is 4. The van der Waals surface area contributed by atoms with Gasteiger partial charge in [0.05, 0.1) is 27.2 Å². The molecule has 3 heterocycles. The Kier molecular flexibility index (Phi) is 6.70. The number of anilines is 1. The lowest BCUT2D eigenvalue weighted by atomic mass is 10.1. The third-order valence-electron chi connectivity index (χ3n) is 5.53. The van der Waals surface area contributed by atoms with Crippen molar-refractivity contribution in [3.63, 3.8) is 0 Å². The highest BCUT2D eigenvalue weighted by atomic mass is 16.6. The van der Waals surface area contributed by atoms with Crippen molar-refractivity contribution in [1.29, 1.82) is 0 Å². The molecule has 3 aromatic rings. The fourth-order valence-electron chi connectivity index (χ4n) is 3.81. The Hall–Kier alpha value is -2.99. The second-order valence-corrected chi connectivity index (χ2v) is 7.49. The van der Waals surface area contributed by atoms with Crippen LogP contribution >= 0.6 is 0 Å². The fraction of sp³-hybridized carbons (Fsp3) is 0.476. The zero-order valence-corrected chi connectivity index (χ0v) is 17.9. The van der Waals surface area contributed by atoms with Gasteiger partial charge in [-0.25, -0.2) is 15.0 Å². The standard InChI is InChI=1S/C21H27N5O6/c1-30-13-6-5-12(8-14(13)31-2)4-3-7-22-19-16-20(24-10-23-19)26(11-25-16)21-18(29)17(28)15(9-27)32-21/h5-6,8,10-11,15,17-18,21,27-29H,3-4,7,9H2,1-2H3,(H,22,23,24)/t15-,17-,18-,21?/m1/s1. The molecule has 0 radical (unpaired) electrons. The van der Waals surface area contributed by atoms with Crippen molar-refractivity contribution < 1.29 is 29.5 Å². The van der Waals surface area contributed by atoms with E-state index in [1.54, 1.807) is 14.2 Å². The van der Waals surface area contributed by atoms with Crippen LogP contribution in [0, 0.1) is 0 Å². The topological polar surface area (TPSA) is 144 Å². The molecule has 0 saturated carbocycles. The van der Waals surface area contributed by atoms with Crippen LogP contribution in [-0.4, -0.2) is 80.5 Å². The molecule has 0 bridgehead atoms. The number of fused-ring (bicyclic) bond motifs is 1. The van der Waals surface area contributed by atoms with Crippen molar-refractivity contribution in [2.75, 3.05) is 32.7 Å². The van der Waals surface area contributed by atoms with Crippen LogP contribution in [0.15, 0.2) is 30.9 Å². The third kappa shape index (κ3) is 4.19. The maximum Gasteiger partial charge on any atom is 0.167 e. The summed E-state index contributed by atoms with van der Waals surface area (Å²) >= 11 is 0. The second kappa shape index (κ2) is 9.65. The summed E-state index contributed by atoms with van der Waals surface area (Å²) in [5.41, 5.74) is 2.11. The number of imidazole rings is 1. The molecule has 32 heavy (non-hydrogen) atoms. The van der Waals surface area contributed by atoms with Gasteiger partial charge in [-0.3, -0.25) is 4.57 Å². The first-order valence-electron chi connectivity index (χ1n) is 10.3. The van der Waals surface area contributed by atoms with Gasteiger partial charge in [0.2, 0.25) is 0 Å². The van der Waals surface area contributed by atoms with E-state index in [-0.39, 0.29) is 0 Å². The molecular formula is C21H27N5O6. The molecule has 0 amide bonds. The number of aliphatic hydroxyl groups is 3. The van der Waals surface area contributed by atoms with Crippen molar-refractivity contribution in [3.8, 4) is 11.5 Å². The summed E-state index contributed by atoms with van der Waals surface area (Å²) in [4.78, 5) is 12.9. The largest absolute Gasteiger partial charge is 0.493 e. The van der Waals surface area contributed by atoms with Crippen molar-refractivity contribution >= 4 is 17.0 Å². The average Bonchev–Trinajstić information content (AvgIpc) is 3.37. The lowest BCUT2D eigenvalue weighted by Gasteiger charge is -2.16. The lowest BCUT2D eigenvalue weighted by molar-refractivity contribution is -0.0511. The van der Waals surface area contributed by atoms with E-state index in [2.05, 4.69) is 20.3 Å². The van der Waals surface area contributed by atoms with E-state index in [0.717, 1.165) is 18.4 Å². The van der Waals surface area contributed by atoms with E-state index in [1.807, 2.05) is 18.2 Å². The van der Waals surface area contributed by atoms with Crippen molar-refractivity contribution in [3.05, 3.63) is 36.4 Å². The SMILES string of the molecule is COc1ccc(CCCNc2ncnc3c2ncn3C2O[C@H](CO)[C@@H](O)[C@H]2O)cc1OC. The van der Waals surface area contributed by atoms with E-state index in [1.165, 1.54) is 17.2 Å². The predicted molar refractivity (Wildman–Crippen MR) is 115 cm³/mol. The summed E-state index contributed by atoms with van der Waals surface area (Å²) in [5, 5.41) is 32.9. The summed E-state index contributed by atoms with van der Waals surface area (Å²) in [6.07, 6.45) is 0.376. The minimum Gasteiger partial charge on any atom is -0.493 e. The highest BCUT2D eigenvalue weighted by molar-refractivity contribution is 5.82. The van der Waals surface area contributed by atoms with Gasteiger partial charge in [-0.15, -0.1) is 0 Å². The van der Waals surface area contributed by atoms with Crippen molar-refractivity contribution in [1.82, 2.24) is 19.5 Å². The van der Waals surface area contributed by atoms with Gasteiger partial charge in [-0.2, -0.15) is 0 Å². The van der Waals surface area contributed by atoms with Gasteiger partial charge in [0.1, 0.15) is 24.6 Å². The van der Waals surface area contributed by atoms with Gasteiger partial charge in [0, 0.05) is 6.54 Å². The molecule has 4 N–H and O–H groups in total. The summed E-state index contributed by atoms with van der Waals surface area (Å²) in [7, 11) is 3.22. The van der Waals surface area contributed by atoms with Crippen LogP contribution in [-0.2, 0) is 11.2 Å². The number of nitrogens with zero attached hydrogens (tertiary/aromatic N) is 4. The Morgan fingerprint density at radius 2 is 1.91 bits per heavy atom. The van der Waals surface area contributed by atoms with Crippen LogP contribution in [0.2, 0.25) is 0 Å². The first kappa shape index (κ1) is 22.2. The summed E-state index contributed by atoms with van der Waals surface area (Å²) in [5.74, 6) is 1.96. The van der Waals surface area contributed by atoms with E-state index < -0.39 is 31.1 Å². The van der Waals surface area contributed by atoms with Crippen LogP contribution in [0.5, 0.6) is 11.5 Å². The molecule has 11 nitrogen and oxygen atoms in total. The van der Waals surface area contributed by atoms with Gasteiger partial charge in [-0.05, 0) is 30.5 Å². The number of rotatable bonds is 9. The van der Waals surface area contributed by atoms with Crippen LogP contribution < -0.4 is 14.8 Å². The quantitative estimate of drug-likeness (QED) is 0.344. The highest BCUT2D eigenvalue weighted by Crippen LogP contribution is 2.32. The molecule has 2 aromatic heterocycles. The van der Waals surface area contributed by atoms with Crippen LogP contribution in [0.25, 0.3) is 11.2 Å². The van der Waals surface area contributed by atoms with E-state index in [4.69, 9.17) is 14.2 Å². The molecule has 11 heteroatoms.